The molecule has 8 nitrogen and oxygen atoms in total. The Bertz CT molecular complexity index is 1250. The Balaban J connectivity index is 1.28. The molecule has 34 heavy (non-hydrogen) atoms. The lowest BCUT2D eigenvalue weighted by Gasteiger charge is -2.17. The normalized spacial score (nSPS) is 15.4. The molecule has 1 fully saturated rings. The van der Waals surface area contributed by atoms with Gasteiger partial charge in [-0.05, 0) is 42.8 Å². The topological polar surface area (TPSA) is 104 Å². The lowest BCUT2D eigenvalue weighted by atomic mass is 10.1. The third-order valence-electron chi connectivity index (χ3n) is 5.37. The number of aromatic nitrogens is 2. The van der Waals surface area contributed by atoms with Gasteiger partial charge in [-0.15, -0.1) is 10.2 Å². The zero-order chi connectivity index (χ0) is 24.2. The number of anilines is 2. The molecule has 0 spiro atoms. The van der Waals surface area contributed by atoms with Crippen LogP contribution in [0.3, 0.4) is 0 Å². The van der Waals surface area contributed by atoms with E-state index in [0.29, 0.717) is 39.4 Å². The Morgan fingerprint density at radius 2 is 2.06 bits per heavy atom. The lowest BCUT2D eigenvalue weighted by Crippen LogP contribution is -2.28. The first-order valence-corrected chi connectivity index (χ1v) is 12.5. The molecular weight excluding hydrogens is 542 g/mol. The highest BCUT2D eigenvalue weighted by molar-refractivity contribution is 9.10. The molecule has 4 rings (SSSR count). The maximum atomic E-state index is 12.7. The van der Waals surface area contributed by atoms with Crippen LogP contribution in [0.25, 0.3) is 0 Å². The molecule has 2 N–H and O–H groups in total. The van der Waals surface area contributed by atoms with Crippen molar-refractivity contribution in [1.82, 2.24) is 15.5 Å². The average molecular weight is 563 g/mol. The van der Waals surface area contributed by atoms with Crippen LogP contribution >= 0.6 is 38.9 Å². The molecule has 0 radical (unpaired) electrons. The Kier molecular flexibility index (Phi) is 7.60. The van der Waals surface area contributed by atoms with Crippen molar-refractivity contribution in [2.24, 2.45) is 5.92 Å². The summed E-state index contributed by atoms with van der Waals surface area (Å²) in [7, 11) is 0. The highest BCUT2D eigenvalue weighted by Gasteiger charge is 2.35. The van der Waals surface area contributed by atoms with Crippen molar-refractivity contribution >= 4 is 67.4 Å². The van der Waals surface area contributed by atoms with E-state index in [2.05, 4.69) is 36.8 Å². The number of amides is 3. The molecule has 176 valence electrons. The summed E-state index contributed by atoms with van der Waals surface area (Å²) in [6, 6.07) is 12.5. The van der Waals surface area contributed by atoms with Gasteiger partial charge in [-0.3, -0.25) is 14.4 Å². The molecule has 0 aliphatic carbocycles. The SMILES string of the molecule is Cc1ccc(N2CC(C(=O)Nc3nnc(CCNC(=O)c4cccc(Br)c4)s3)CC2=O)cc1Cl. The first-order chi connectivity index (χ1) is 16.3. The first-order valence-electron chi connectivity index (χ1n) is 10.5. The number of benzene rings is 2. The van der Waals surface area contributed by atoms with E-state index >= 15 is 0 Å². The van der Waals surface area contributed by atoms with Gasteiger partial charge in [-0.2, -0.15) is 0 Å². The van der Waals surface area contributed by atoms with Gasteiger partial charge in [0.2, 0.25) is 16.9 Å². The van der Waals surface area contributed by atoms with E-state index in [9.17, 15) is 14.4 Å². The molecule has 3 amide bonds. The molecular formula is C23H21BrClN5O3S. The van der Waals surface area contributed by atoms with Crippen LogP contribution in [0.1, 0.15) is 27.3 Å². The molecule has 1 saturated heterocycles. The van der Waals surface area contributed by atoms with Crippen LogP contribution in [0, 0.1) is 12.8 Å². The zero-order valence-corrected chi connectivity index (χ0v) is 21.3. The summed E-state index contributed by atoms with van der Waals surface area (Å²) in [5.41, 5.74) is 2.16. The Morgan fingerprint density at radius 3 is 2.82 bits per heavy atom. The van der Waals surface area contributed by atoms with Gasteiger partial charge in [-0.25, -0.2) is 0 Å². The van der Waals surface area contributed by atoms with E-state index in [0.717, 1.165) is 10.0 Å². The van der Waals surface area contributed by atoms with E-state index < -0.39 is 5.92 Å². The van der Waals surface area contributed by atoms with Crippen molar-refractivity contribution in [1.29, 1.82) is 0 Å². The third kappa shape index (κ3) is 5.81. The number of nitrogens with zero attached hydrogens (tertiary/aromatic N) is 3. The minimum Gasteiger partial charge on any atom is -0.352 e. The summed E-state index contributed by atoms with van der Waals surface area (Å²) in [6.45, 7) is 2.55. The number of carbonyl (C=O) groups is 3. The van der Waals surface area contributed by atoms with E-state index in [1.165, 1.54) is 11.3 Å². The highest BCUT2D eigenvalue weighted by atomic mass is 79.9. The molecule has 3 aromatic rings. The number of carbonyl (C=O) groups excluding carboxylic acids is 3. The number of hydrogen-bond acceptors (Lipinski definition) is 6. The summed E-state index contributed by atoms with van der Waals surface area (Å²) < 4.78 is 0.833. The van der Waals surface area contributed by atoms with E-state index in [1.807, 2.05) is 25.1 Å². The Hall–Kier alpha value is -2.82. The van der Waals surface area contributed by atoms with Gasteiger partial charge in [-0.1, -0.05) is 51.0 Å². The fraction of sp³-hybridized carbons (Fsp3) is 0.261. The lowest BCUT2D eigenvalue weighted by molar-refractivity contribution is -0.122. The second kappa shape index (κ2) is 10.6. The molecule has 11 heteroatoms. The van der Waals surface area contributed by atoms with Crippen LogP contribution in [-0.4, -0.2) is 41.0 Å². The van der Waals surface area contributed by atoms with Gasteiger partial charge in [0.25, 0.3) is 5.91 Å². The summed E-state index contributed by atoms with van der Waals surface area (Å²) in [5, 5.41) is 15.3. The molecule has 1 aromatic heterocycles. The number of rotatable bonds is 7. The van der Waals surface area contributed by atoms with Crippen LogP contribution in [0.15, 0.2) is 46.9 Å². The molecule has 0 bridgehead atoms. The van der Waals surface area contributed by atoms with Crippen LogP contribution < -0.4 is 15.5 Å². The highest BCUT2D eigenvalue weighted by Crippen LogP contribution is 2.29. The summed E-state index contributed by atoms with van der Waals surface area (Å²) >= 11 is 10.8. The first kappa shape index (κ1) is 24.3. The second-order valence-electron chi connectivity index (χ2n) is 7.85. The number of halogens is 2. The van der Waals surface area contributed by atoms with Crippen molar-refractivity contribution in [3.63, 3.8) is 0 Å². The fourth-order valence-electron chi connectivity index (χ4n) is 3.51. The Labute approximate surface area is 213 Å². The minimum absolute atomic E-state index is 0.116. The van der Waals surface area contributed by atoms with Crippen LogP contribution in [0.2, 0.25) is 5.02 Å². The molecule has 1 atom stereocenters. The maximum absolute atomic E-state index is 12.7. The van der Waals surface area contributed by atoms with E-state index in [-0.39, 0.29) is 30.7 Å². The average Bonchev–Trinajstić information content (AvgIpc) is 3.42. The van der Waals surface area contributed by atoms with E-state index in [1.54, 1.807) is 29.2 Å². The van der Waals surface area contributed by atoms with Crippen molar-refractivity contribution < 1.29 is 14.4 Å². The maximum Gasteiger partial charge on any atom is 0.251 e. The molecule has 1 aliphatic heterocycles. The van der Waals surface area contributed by atoms with Gasteiger partial charge >= 0.3 is 0 Å². The zero-order valence-electron chi connectivity index (χ0n) is 18.2. The van der Waals surface area contributed by atoms with E-state index in [4.69, 9.17) is 11.6 Å². The molecule has 1 unspecified atom stereocenters. The molecule has 1 aliphatic rings. The van der Waals surface area contributed by atoms with Crippen molar-refractivity contribution in [3.05, 3.63) is 68.1 Å². The summed E-state index contributed by atoms with van der Waals surface area (Å²) in [5.74, 6) is -1.08. The van der Waals surface area contributed by atoms with Crippen molar-refractivity contribution in [2.45, 2.75) is 19.8 Å². The van der Waals surface area contributed by atoms with Crippen LogP contribution in [0.5, 0.6) is 0 Å². The van der Waals surface area contributed by atoms with Crippen molar-refractivity contribution in [3.8, 4) is 0 Å². The number of hydrogen-bond donors (Lipinski definition) is 2. The minimum atomic E-state index is -0.496. The Morgan fingerprint density at radius 1 is 1.24 bits per heavy atom. The smallest absolute Gasteiger partial charge is 0.251 e. The van der Waals surface area contributed by atoms with Crippen LogP contribution in [0.4, 0.5) is 10.8 Å². The van der Waals surface area contributed by atoms with Crippen LogP contribution in [-0.2, 0) is 16.0 Å². The molecule has 0 saturated carbocycles. The van der Waals surface area contributed by atoms with Gasteiger partial charge in [0.1, 0.15) is 5.01 Å². The molecule has 2 aromatic carbocycles. The van der Waals surface area contributed by atoms with Gasteiger partial charge in [0.05, 0.1) is 5.92 Å². The monoisotopic (exact) mass is 561 g/mol. The van der Waals surface area contributed by atoms with Crippen molar-refractivity contribution in [2.75, 3.05) is 23.3 Å². The quantitative estimate of drug-likeness (QED) is 0.449. The third-order valence-corrected chi connectivity index (χ3v) is 7.17. The standard InChI is InChI=1S/C23H21BrClN5O3S/c1-13-5-6-17(11-18(13)25)30-12-15(10-20(30)31)22(33)27-23-29-28-19(34-23)7-8-26-21(32)14-3-2-4-16(24)9-14/h2-6,9,11,15H,7-8,10,12H2,1H3,(H,26,32)(H,27,29,33). The van der Waals surface area contributed by atoms with Gasteiger partial charge in [0, 0.05) is 46.7 Å². The predicted octanol–water partition coefficient (Wildman–Crippen LogP) is 4.23. The van der Waals surface area contributed by atoms with Gasteiger partial charge < -0.3 is 15.5 Å². The van der Waals surface area contributed by atoms with Gasteiger partial charge in [0.15, 0.2) is 0 Å². The summed E-state index contributed by atoms with van der Waals surface area (Å²) in [4.78, 5) is 39.0. The molecule has 2 heterocycles. The largest absolute Gasteiger partial charge is 0.352 e. The fourth-order valence-corrected chi connectivity index (χ4v) is 4.83. The predicted molar refractivity (Wildman–Crippen MR) is 135 cm³/mol. The number of aryl methyl sites for hydroxylation is 1. The summed E-state index contributed by atoms with van der Waals surface area (Å²) in [6.07, 6.45) is 0.599. The second-order valence-corrected chi connectivity index (χ2v) is 10.2. The number of nitrogens with one attached hydrogen (secondary N) is 2.